The molecule has 0 aliphatic rings. The van der Waals surface area contributed by atoms with Gasteiger partial charge in [0.15, 0.2) is 0 Å². The molecule has 1 heterocycles. The molecule has 0 radical (unpaired) electrons. The highest BCUT2D eigenvalue weighted by Gasteiger charge is 1.96. The Labute approximate surface area is 81.7 Å². The van der Waals surface area contributed by atoms with Crippen molar-refractivity contribution in [3.05, 3.63) is 32.8 Å². The standard InChI is InChI=1S/C9H15N3O2/c1-7(2)10-5-6-12-9(14)4-3-8(13)11-12/h3-4,7,10H,5-6H2,1-2H3,(H,11,13). The van der Waals surface area contributed by atoms with Gasteiger partial charge in [-0.3, -0.25) is 14.7 Å². The van der Waals surface area contributed by atoms with E-state index in [2.05, 4.69) is 10.4 Å². The Morgan fingerprint density at radius 3 is 2.79 bits per heavy atom. The molecule has 0 aliphatic heterocycles. The van der Waals surface area contributed by atoms with Crippen molar-refractivity contribution >= 4 is 0 Å². The van der Waals surface area contributed by atoms with Crippen molar-refractivity contribution in [2.75, 3.05) is 6.54 Å². The van der Waals surface area contributed by atoms with Crippen LogP contribution in [0.25, 0.3) is 0 Å². The highest BCUT2D eigenvalue weighted by Crippen LogP contribution is 1.76. The van der Waals surface area contributed by atoms with Crippen LogP contribution in [0.4, 0.5) is 0 Å². The average molecular weight is 197 g/mol. The van der Waals surface area contributed by atoms with Crippen LogP contribution in [-0.4, -0.2) is 22.4 Å². The van der Waals surface area contributed by atoms with E-state index in [0.717, 1.165) is 0 Å². The van der Waals surface area contributed by atoms with Gasteiger partial charge >= 0.3 is 0 Å². The third-order valence-corrected chi connectivity index (χ3v) is 1.78. The number of aromatic nitrogens is 2. The second kappa shape index (κ2) is 4.76. The van der Waals surface area contributed by atoms with Crippen molar-refractivity contribution in [1.29, 1.82) is 0 Å². The van der Waals surface area contributed by atoms with Gasteiger partial charge in [0.2, 0.25) is 0 Å². The Bertz CT molecular complexity index is 392. The lowest BCUT2D eigenvalue weighted by Gasteiger charge is -2.08. The van der Waals surface area contributed by atoms with Gasteiger partial charge < -0.3 is 5.32 Å². The van der Waals surface area contributed by atoms with Gasteiger partial charge in [0.25, 0.3) is 11.1 Å². The number of rotatable bonds is 4. The van der Waals surface area contributed by atoms with E-state index in [9.17, 15) is 9.59 Å². The molecule has 0 spiro atoms. The minimum atomic E-state index is -0.255. The third kappa shape index (κ3) is 3.18. The zero-order valence-corrected chi connectivity index (χ0v) is 8.41. The summed E-state index contributed by atoms with van der Waals surface area (Å²) in [4.78, 5) is 22.1. The largest absolute Gasteiger partial charge is 0.313 e. The van der Waals surface area contributed by atoms with E-state index in [4.69, 9.17) is 0 Å². The number of nitrogens with zero attached hydrogens (tertiary/aromatic N) is 1. The zero-order valence-electron chi connectivity index (χ0n) is 8.41. The fourth-order valence-electron chi connectivity index (χ4n) is 1.09. The lowest BCUT2D eigenvalue weighted by atomic mass is 10.4. The van der Waals surface area contributed by atoms with Crippen LogP contribution in [0.1, 0.15) is 13.8 Å². The number of H-pyrrole nitrogens is 1. The summed E-state index contributed by atoms with van der Waals surface area (Å²) < 4.78 is 1.30. The SMILES string of the molecule is CC(C)NCCn1[nH]c(=O)ccc1=O. The second-order valence-electron chi connectivity index (χ2n) is 3.41. The third-order valence-electron chi connectivity index (χ3n) is 1.78. The highest BCUT2D eigenvalue weighted by molar-refractivity contribution is 4.85. The van der Waals surface area contributed by atoms with Crippen LogP contribution in [0, 0.1) is 0 Å². The van der Waals surface area contributed by atoms with Crippen molar-refractivity contribution in [3.8, 4) is 0 Å². The summed E-state index contributed by atoms with van der Waals surface area (Å²) in [5, 5.41) is 5.62. The molecule has 0 amide bonds. The van der Waals surface area contributed by atoms with Gasteiger partial charge in [-0.15, -0.1) is 0 Å². The quantitative estimate of drug-likeness (QED) is 0.686. The lowest BCUT2D eigenvalue weighted by Crippen LogP contribution is -2.34. The first-order valence-corrected chi connectivity index (χ1v) is 4.63. The van der Waals surface area contributed by atoms with Crippen molar-refractivity contribution < 1.29 is 0 Å². The van der Waals surface area contributed by atoms with Gasteiger partial charge in [0.1, 0.15) is 0 Å². The fourth-order valence-corrected chi connectivity index (χ4v) is 1.09. The Kier molecular flexibility index (Phi) is 3.64. The van der Waals surface area contributed by atoms with E-state index in [1.807, 2.05) is 13.8 Å². The molecule has 0 saturated heterocycles. The molecular weight excluding hydrogens is 182 g/mol. The first-order chi connectivity index (χ1) is 6.59. The van der Waals surface area contributed by atoms with E-state index in [0.29, 0.717) is 19.1 Å². The summed E-state index contributed by atoms with van der Waals surface area (Å²) in [6.07, 6.45) is 0. The van der Waals surface area contributed by atoms with Gasteiger partial charge in [0, 0.05) is 24.7 Å². The Hall–Kier alpha value is -1.36. The molecule has 2 N–H and O–H groups in total. The predicted octanol–water partition coefficient (Wildman–Crippen LogP) is -0.465. The molecule has 14 heavy (non-hydrogen) atoms. The molecule has 0 saturated carbocycles. The van der Waals surface area contributed by atoms with Crippen LogP contribution >= 0.6 is 0 Å². The monoisotopic (exact) mass is 197 g/mol. The molecular formula is C9H15N3O2. The van der Waals surface area contributed by atoms with Crippen LogP contribution in [-0.2, 0) is 6.54 Å². The van der Waals surface area contributed by atoms with E-state index >= 15 is 0 Å². The first-order valence-electron chi connectivity index (χ1n) is 4.63. The molecule has 0 bridgehead atoms. The summed E-state index contributed by atoms with van der Waals surface area (Å²) in [6.45, 7) is 5.19. The van der Waals surface area contributed by atoms with Crippen LogP contribution in [0.5, 0.6) is 0 Å². The summed E-state index contributed by atoms with van der Waals surface area (Å²) in [5.74, 6) is 0. The molecule has 0 aromatic carbocycles. The highest BCUT2D eigenvalue weighted by atomic mass is 16.1. The summed E-state index contributed by atoms with van der Waals surface area (Å²) in [5.41, 5.74) is -0.440. The lowest BCUT2D eigenvalue weighted by molar-refractivity contribution is 0.496. The Morgan fingerprint density at radius 1 is 1.43 bits per heavy atom. The Balaban J connectivity index is 2.63. The van der Waals surface area contributed by atoms with Crippen molar-refractivity contribution in [3.63, 3.8) is 0 Å². The maximum atomic E-state index is 11.2. The number of aromatic amines is 1. The topological polar surface area (TPSA) is 66.9 Å². The fraction of sp³-hybridized carbons (Fsp3) is 0.556. The van der Waals surface area contributed by atoms with E-state index in [1.54, 1.807) is 0 Å². The minimum Gasteiger partial charge on any atom is -0.313 e. The number of hydrogen-bond donors (Lipinski definition) is 2. The molecule has 0 atom stereocenters. The number of hydrogen-bond acceptors (Lipinski definition) is 3. The van der Waals surface area contributed by atoms with Gasteiger partial charge in [-0.25, -0.2) is 4.68 Å². The minimum absolute atomic E-state index is 0.185. The molecule has 5 nitrogen and oxygen atoms in total. The molecule has 1 aromatic heterocycles. The molecule has 1 aromatic rings. The smallest absolute Gasteiger partial charge is 0.265 e. The maximum absolute atomic E-state index is 11.2. The van der Waals surface area contributed by atoms with Crippen LogP contribution in [0.15, 0.2) is 21.7 Å². The predicted molar refractivity (Wildman–Crippen MR) is 54.5 cm³/mol. The van der Waals surface area contributed by atoms with Crippen LogP contribution < -0.4 is 16.4 Å². The molecule has 0 aliphatic carbocycles. The van der Waals surface area contributed by atoms with Gasteiger partial charge in [-0.05, 0) is 0 Å². The normalized spacial score (nSPS) is 10.8. The molecule has 0 unspecified atom stereocenters. The summed E-state index contributed by atoms with van der Waals surface area (Å²) in [7, 11) is 0. The number of nitrogens with one attached hydrogen (secondary N) is 2. The Morgan fingerprint density at radius 2 is 2.14 bits per heavy atom. The second-order valence-corrected chi connectivity index (χ2v) is 3.41. The molecule has 5 heteroatoms. The van der Waals surface area contributed by atoms with Crippen LogP contribution in [0.2, 0.25) is 0 Å². The van der Waals surface area contributed by atoms with Crippen LogP contribution in [0.3, 0.4) is 0 Å². The van der Waals surface area contributed by atoms with E-state index < -0.39 is 0 Å². The molecule has 0 fully saturated rings. The summed E-state index contributed by atoms with van der Waals surface area (Å²) >= 11 is 0. The summed E-state index contributed by atoms with van der Waals surface area (Å²) in [6, 6.07) is 2.88. The van der Waals surface area contributed by atoms with Gasteiger partial charge in [-0.1, -0.05) is 13.8 Å². The maximum Gasteiger partial charge on any atom is 0.265 e. The average Bonchev–Trinajstić information content (AvgIpc) is 2.10. The van der Waals surface area contributed by atoms with Crippen molar-refractivity contribution in [2.24, 2.45) is 0 Å². The molecule has 78 valence electrons. The zero-order chi connectivity index (χ0) is 10.6. The van der Waals surface area contributed by atoms with Gasteiger partial charge in [0.05, 0.1) is 6.54 Å². The van der Waals surface area contributed by atoms with E-state index in [-0.39, 0.29) is 11.1 Å². The van der Waals surface area contributed by atoms with Gasteiger partial charge in [-0.2, -0.15) is 0 Å². The molecule has 1 rings (SSSR count). The van der Waals surface area contributed by atoms with Crippen molar-refractivity contribution in [1.82, 2.24) is 15.1 Å². The van der Waals surface area contributed by atoms with Crippen molar-refractivity contribution in [2.45, 2.75) is 26.4 Å². The van der Waals surface area contributed by atoms with E-state index in [1.165, 1.54) is 16.8 Å². The first kappa shape index (κ1) is 10.7.